The Kier molecular flexibility index (Phi) is 6.95. The second-order valence-electron chi connectivity index (χ2n) is 10.6. The van der Waals surface area contributed by atoms with E-state index in [-0.39, 0.29) is 23.6 Å². The van der Waals surface area contributed by atoms with Gasteiger partial charge in [-0.2, -0.15) is 0 Å². The highest BCUT2D eigenvalue weighted by atomic mass is 16.5. The Labute approximate surface area is 248 Å². The second kappa shape index (κ2) is 10.9. The van der Waals surface area contributed by atoms with E-state index in [1.807, 2.05) is 48.5 Å². The minimum atomic E-state index is -0.403. The van der Waals surface area contributed by atoms with Gasteiger partial charge in [-0.15, -0.1) is 0 Å². The summed E-state index contributed by atoms with van der Waals surface area (Å²) < 4.78 is 12.2. The van der Waals surface area contributed by atoms with Crippen LogP contribution in [0.3, 0.4) is 0 Å². The Morgan fingerprint density at radius 2 is 0.814 bits per heavy atom. The van der Waals surface area contributed by atoms with Crippen LogP contribution in [0.1, 0.15) is 25.0 Å². The van der Waals surface area contributed by atoms with Gasteiger partial charge in [-0.05, 0) is 83.9 Å². The van der Waals surface area contributed by atoms with Crippen molar-refractivity contribution < 1.29 is 28.7 Å². The number of rotatable bonds is 8. The minimum Gasteiger partial charge on any atom is -0.457 e. The first-order valence-electron chi connectivity index (χ1n) is 13.6. The van der Waals surface area contributed by atoms with E-state index in [0.29, 0.717) is 34.4 Å². The molecule has 0 aliphatic carbocycles. The van der Waals surface area contributed by atoms with E-state index in [1.54, 1.807) is 48.5 Å². The highest BCUT2D eigenvalue weighted by molar-refractivity contribution is 6.28. The Morgan fingerprint density at radius 1 is 0.465 bits per heavy atom. The van der Waals surface area contributed by atoms with E-state index in [1.165, 1.54) is 24.3 Å². The molecule has 0 spiro atoms. The highest BCUT2D eigenvalue weighted by Gasteiger charge is 2.27. The summed E-state index contributed by atoms with van der Waals surface area (Å²) in [5, 5.41) is 0. The number of ether oxygens (including phenoxy) is 2. The summed E-state index contributed by atoms with van der Waals surface area (Å²) >= 11 is 0. The lowest BCUT2D eigenvalue weighted by Gasteiger charge is -2.27. The molecule has 8 heteroatoms. The number of anilines is 2. The first-order valence-corrected chi connectivity index (χ1v) is 13.6. The highest BCUT2D eigenvalue weighted by Crippen LogP contribution is 2.37. The minimum absolute atomic E-state index is 0.369. The van der Waals surface area contributed by atoms with Crippen LogP contribution in [-0.4, -0.2) is 23.6 Å². The maximum absolute atomic E-state index is 12.0. The molecule has 212 valence electrons. The van der Waals surface area contributed by atoms with Crippen LogP contribution >= 0.6 is 0 Å². The standard InChI is InChI=1S/C35H26N2O6/c1-35(2,23-5-3-7-29(21-23)42-27-13-9-25(10-14-27)36-31(38)17-18-32(36)39)24-6-4-8-30(22-24)43-28-15-11-26(12-16-28)37-33(40)19-20-34(37)41/h3-22H,1-2H3. The lowest BCUT2D eigenvalue weighted by Crippen LogP contribution is -2.29. The molecule has 0 radical (unpaired) electrons. The third kappa shape index (κ3) is 5.46. The smallest absolute Gasteiger partial charge is 0.258 e. The van der Waals surface area contributed by atoms with Gasteiger partial charge in [0.25, 0.3) is 23.6 Å². The molecule has 43 heavy (non-hydrogen) atoms. The number of carbonyl (C=O) groups is 4. The quantitative estimate of drug-likeness (QED) is 0.226. The van der Waals surface area contributed by atoms with Gasteiger partial charge in [-0.3, -0.25) is 19.2 Å². The summed E-state index contributed by atoms with van der Waals surface area (Å²) in [7, 11) is 0. The lowest BCUT2D eigenvalue weighted by atomic mass is 9.78. The molecule has 4 aromatic carbocycles. The van der Waals surface area contributed by atoms with E-state index in [2.05, 4.69) is 13.8 Å². The van der Waals surface area contributed by atoms with Crippen molar-refractivity contribution >= 4 is 35.0 Å². The molecule has 0 bridgehead atoms. The van der Waals surface area contributed by atoms with E-state index >= 15 is 0 Å². The average molecular weight is 571 g/mol. The van der Waals surface area contributed by atoms with Gasteiger partial charge in [0.15, 0.2) is 0 Å². The van der Waals surface area contributed by atoms with Gasteiger partial charge >= 0.3 is 0 Å². The molecule has 6 rings (SSSR count). The topological polar surface area (TPSA) is 93.2 Å². The fourth-order valence-corrected chi connectivity index (χ4v) is 4.97. The van der Waals surface area contributed by atoms with Gasteiger partial charge in [0, 0.05) is 29.7 Å². The first kappa shape index (κ1) is 27.4. The molecule has 2 heterocycles. The molecule has 2 aliphatic heterocycles. The molecule has 2 aliphatic rings. The zero-order chi connectivity index (χ0) is 30.1. The van der Waals surface area contributed by atoms with Crippen molar-refractivity contribution in [3.63, 3.8) is 0 Å². The Hall–Kier alpha value is -5.76. The largest absolute Gasteiger partial charge is 0.457 e. The van der Waals surface area contributed by atoms with Crippen LogP contribution in [0.2, 0.25) is 0 Å². The van der Waals surface area contributed by atoms with Crippen LogP contribution in [-0.2, 0) is 24.6 Å². The summed E-state index contributed by atoms with van der Waals surface area (Å²) in [6.07, 6.45) is 5.00. The SMILES string of the molecule is CC(C)(c1cccc(Oc2ccc(N3C(=O)C=CC3=O)cc2)c1)c1cccc(Oc2ccc(N3C(=O)C=CC3=O)cc2)c1. The summed E-state index contributed by atoms with van der Waals surface area (Å²) in [5.41, 5.74) is 2.61. The van der Waals surface area contributed by atoms with Crippen molar-refractivity contribution in [3.05, 3.63) is 132 Å². The lowest BCUT2D eigenvalue weighted by molar-refractivity contribution is -0.121. The van der Waals surface area contributed by atoms with Crippen LogP contribution in [0.5, 0.6) is 23.0 Å². The van der Waals surface area contributed by atoms with Crippen LogP contribution in [0.15, 0.2) is 121 Å². The van der Waals surface area contributed by atoms with Gasteiger partial charge < -0.3 is 9.47 Å². The van der Waals surface area contributed by atoms with Gasteiger partial charge in [0.05, 0.1) is 11.4 Å². The Morgan fingerprint density at radius 3 is 1.16 bits per heavy atom. The second-order valence-corrected chi connectivity index (χ2v) is 10.6. The number of hydrogen-bond donors (Lipinski definition) is 0. The number of nitrogens with zero attached hydrogens (tertiary/aromatic N) is 2. The van der Waals surface area contributed by atoms with Crippen molar-refractivity contribution in [2.24, 2.45) is 0 Å². The zero-order valence-corrected chi connectivity index (χ0v) is 23.4. The number of carbonyl (C=O) groups excluding carboxylic acids is 4. The predicted octanol–water partition coefficient (Wildman–Crippen LogP) is 6.46. The van der Waals surface area contributed by atoms with Gasteiger partial charge in [-0.1, -0.05) is 38.1 Å². The van der Waals surface area contributed by atoms with Crippen molar-refractivity contribution in [1.82, 2.24) is 0 Å². The zero-order valence-electron chi connectivity index (χ0n) is 23.4. The molecule has 8 nitrogen and oxygen atoms in total. The van der Waals surface area contributed by atoms with E-state index < -0.39 is 5.41 Å². The molecular formula is C35H26N2O6. The maximum Gasteiger partial charge on any atom is 0.258 e. The normalized spacial score (nSPS) is 14.7. The molecule has 4 aromatic rings. The monoisotopic (exact) mass is 570 g/mol. The number of imide groups is 2. The molecule has 0 N–H and O–H groups in total. The molecule has 0 saturated heterocycles. The third-order valence-electron chi connectivity index (χ3n) is 7.39. The number of benzene rings is 4. The molecule has 4 amide bonds. The van der Waals surface area contributed by atoms with E-state index in [0.717, 1.165) is 20.9 Å². The summed E-state index contributed by atoms with van der Waals surface area (Å²) in [5.74, 6) is 0.956. The summed E-state index contributed by atoms with van der Waals surface area (Å²) in [4.78, 5) is 50.0. The Balaban J connectivity index is 1.16. The molecule has 0 aromatic heterocycles. The molecular weight excluding hydrogens is 544 g/mol. The first-order chi connectivity index (χ1) is 20.7. The van der Waals surface area contributed by atoms with Crippen LogP contribution in [0, 0.1) is 0 Å². The van der Waals surface area contributed by atoms with Crippen molar-refractivity contribution in [2.75, 3.05) is 9.80 Å². The fraction of sp³-hybridized carbons (Fsp3) is 0.0857. The Bertz CT molecular complexity index is 1650. The van der Waals surface area contributed by atoms with Crippen LogP contribution in [0.25, 0.3) is 0 Å². The maximum atomic E-state index is 12.0. The molecule has 0 fully saturated rings. The molecule has 0 atom stereocenters. The number of amides is 4. The summed E-state index contributed by atoms with van der Waals surface area (Å²) in [6.45, 7) is 4.23. The van der Waals surface area contributed by atoms with Crippen LogP contribution < -0.4 is 19.3 Å². The van der Waals surface area contributed by atoms with E-state index in [4.69, 9.17) is 9.47 Å². The molecule has 0 unspecified atom stereocenters. The van der Waals surface area contributed by atoms with Crippen molar-refractivity contribution in [2.45, 2.75) is 19.3 Å². The fourth-order valence-electron chi connectivity index (χ4n) is 4.97. The predicted molar refractivity (Wildman–Crippen MR) is 161 cm³/mol. The van der Waals surface area contributed by atoms with Gasteiger partial charge in [0.1, 0.15) is 23.0 Å². The van der Waals surface area contributed by atoms with Gasteiger partial charge in [0.2, 0.25) is 0 Å². The average Bonchev–Trinajstić information content (AvgIpc) is 3.53. The van der Waals surface area contributed by atoms with Crippen molar-refractivity contribution in [1.29, 1.82) is 0 Å². The van der Waals surface area contributed by atoms with Crippen molar-refractivity contribution in [3.8, 4) is 23.0 Å². The molecule has 0 saturated carbocycles. The van der Waals surface area contributed by atoms with Gasteiger partial charge in [-0.25, -0.2) is 9.80 Å². The van der Waals surface area contributed by atoms with E-state index in [9.17, 15) is 19.2 Å². The third-order valence-corrected chi connectivity index (χ3v) is 7.39. The summed E-state index contributed by atoms with van der Waals surface area (Å²) in [6, 6.07) is 29.2. The van der Waals surface area contributed by atoms with Crippen LogP contribution in [0.4, 0.5) is 11.4 Å². The number of hydrogen-bond acceptors (Lipinski definition) is 6.